The third-order valence-corrected chi connectivity index (χ3v) is 5.21. The van der Waals surface area contributed by atoms with Gasteiger partial charge in [-0.15, -0.1) is 0 Å². The molecule has 2 aliphatic rings. The first-order chi connectivity index (χ1) is 12.7. The minimum absolute atomic E-state index is 0.351. The van der Waals surface area contributed by atoms with E-state index >= 15 is 0 Å². The van der Waals surface area contributed by atoms with Crippen molar-refractivity contribution in [2.45, 2.75) is 19.3 Å². The summed E-state index contributed by atoms with van der Waals surface area (Å²) in [5.74, 6) is -0.728. The van der Waals surface area contributed by atoms with Crippen LogP contribution in [0, 0.1) is 0 Å². The standard InChI is InChI=1S/C22H22N2O2/c25-21-18-12-6-5-11-17(18)20(23-16-9-3-1-4-10-16)19(22(21)26)15-24-13-7-2-8-14-24/h1,3-6,9-12,23H,2,7-8,13-15H2/p+1. The molecule has 2 aromatic carbocycles. The molecule has 0 saturated carbocycles. The van der Waals surface area contributed by atoms with Crippen molar-refractivity contribution in [3.05, 3.63) is 71.3 Å². The van der Waals surface area contributed by atoms with Gasteiger partial charge in [-0.25, -0.2) is 0 Å². The summed E-state index contributed by atoms with van der Waals surface area (Å²) < 4.78 is 0. The number of carbonyl (C=O) groups excluding carboxylic acids is 2. The summed E-state index contributed by atoms with van der Waals surface area (Å²) >= 11 is 0. The zero-order valence-electron chi connectivity index (χ0n) is 14.8. The number of quaternary nitrogens is 1. The highest BCUT2D eigenvalue weighted by atomic mass is 16.2. The molecule has 1 heterocycles. The molecule has 2 N–H and O–H groups in total. The van der Waals surface area contributed by atoms with Crippen LogP contribution in [0.3, 0.4) is 0 Å². The molecule has 0 spiro atoms. The second-order valence-corrected chi connectivity index (χ2v) is 6.99. The van der Waals surface area contributed by atoms with Gasteiger partial charge in [-0.3, -0.25) is 19.8 Å². The predicted octanol–water partition coefficient (Wildman–Crippen LogP) is 2.54. The van der Waals surface area contributed by atoms with Crippen LogP contribution in [0.4, 0.5) is 5.69 Å². The number of Topliss-reactive ketones (excluding diaryl/α,β-unsaturated/α-hetero) is 2. The number of para-hydroxylation sites is 1. The third-order valence-electron chi connectivity index (χ3n) is 5.21. The summed E-state index contributed by atoms with van der Waals surface area (Å²) in [4.78, 5) is 27.9. The Kier molecular flexibility index (Phi) is 4.78. The van der Waals surface area contributed by atoms with E-state index < -0.39 is 0 Å². The first kappa shape index (κ1) is 16.9. The molecule has 0 unspecified atom stereocenters. The fourth-order valence-corrected chi connectivity index (χ4v) is 3.84. The zero-order valence-corrected chi connectivity index (χ0v) is 14.8. The van der Waals surface area contributed by atoms with Gasteiger partial charge in [0, 0.05) is 17.7 Å². The summed E-state index contributed by atoms with van der Waals surface area (Å²) in [5.41, 5.74) is 3.95. The number of rotatable bonds is 4. The lowest BCUT2D eigenvalue weighted by atomic mass is 9.86. The average molecular weight is 347 g/mol. The molecule has 0 bridgehead atoms. The number of benzene rings is 2. The van der Waals surface area contributed by atoms with Crippen LogP contribution in [0.25, 0.3) is 5.70 Å². The number of nitrogens with zero attached hydrogens (tertiary/aromatic N) is 1. The van der Waals surface area contributed by atoms with E-state index in [0.29, 0.717) is 17.7 Å². The maximum absolute atomic E-state index is 12.9. The van der Waals surface area contributed by atoms with Crippen molar-refractivity contribution < 1.29 is 14.9 Å². The number of ketones is 2. The van der Waals surface area contributed by atoms with E-state index in [0.717, 1.165) is 42.9 Å². The van der Waals surface area contributed by atoms with E-state index in [2.05, 4.69) is 4.90 Å². The molecule has 1 aliphatic heterocycles. The predicted molar refractivity (Wildman–Crippen MR) is 101 cm³/mol. The summed E-state index contributed by atoms with van der Waals surface area (Å²) in [5, 5.41) is 2.04. The molecule has 132 valence electrons. The number of carbonyl (C=O) groups is 2. The van der Waals surface area contributed by atoms with E-state index in [1.54, 1.807) is 6.07 Å². The lowest BCUT2D eigenvalue weighted by Gasteiger charge is -2.28. The van der Waals surface area contributed by atoms with Crippen LogP contribution in [0.5, 0.6) is 0 Å². The molecule has 4 heteroatoms. The fraction of sp³-hybridized carbons (Fsp3) is 0.273. The molecule has 0 radical (unpaired) electrons. The first-order valence-corrected chi connectivity index (χ1v) is 9.28. The van der Waals surface area contributed by atoms with Gasteiger partial charge in [0.15, 0.2) is 5.70 Å². The largest absolute Gasteiger partial charge is 0.299 e. The minimum atomic E-state index is -0.377. The number of nitrogens with two attached hydrogens (primary N) is 1. The molecular weight excluding hydrogens is 324 g/mol. The lowest BCUT2D eigenvalue weighted by molar-refractivity contribution is -0.469. The molecule has 4 rings (SSSR count). The van der Waals surface area contributed by atoms with Crippen molar-refractivity contribution in [3.63, 3.8) is 0 Å². The van der Waals surface area contributed by atoms with E-state index in [-0.39, 0.29) is 11.6 Å². The SMILES string of the molecule is O=C1C(=O)c2ccccc2C([NH2+]c2ccccc2)=C1CN1CCCCC1. The number of hydrogen-bond donors (Lipinski definition) is 1. The Morgan fingerprint density at radius 1 is 0.769 bits per heavy atom. The van der Waals surface area contributed by atoms with Crippen LogP contribution in [0.1, 0.15) is 35.2 Å². The molecule has 1 saturated heterocycles. The number of hydrogen-bond acceptors (Lipinski definition) is 3. The Hall–Kier alpha value is -2.56. The van der Waals surface area contributed by atoms with Gasteiger partial charge in [0.25, 0.3) is 0 Å². The number of likely N-dealkylation sites (tertiary alicyclic amines) is 1. The van der Waals surface area contributed by atoms with Crippen molar-refractivity contribution in [2.75, 3.05) is 19.6 Å². The number of fused-ring (bicyclic) bond motifs is 1. The minimum Gasteiger partial charge on any atom is -0.299 e. The summed E-state index contributed by atoms with van der Waals surface area (Å²) in [6.07, 6.45) is 3.56. The van der Waals surface area contributed by atoms with E-state index in [9.17, 15) is 9.59 Å². The monoisotopic (exact) mass is 347 g/mol. The number of piperidine rings is 1. The van der Waals surface area contributed by atoms with Crippen LogP contribution in [-0.2, 0) is 4.79 Å². The third kappa shape index (κ3) is 3.26. The second-order valence-electron chi connectivity index (χ2n) is 6.99. The van der Waals surface area contributed by atoms with Crippen LogP contribution >= 0.6 is 0 Å². The van der Waals surface area contributed by atoms with Crippen molar-refractivity contribution >= 4 is 23.0 Å². The van der Waals surface area contributed by atoms with Crippen molar-refractivity contribution in [3.8, 4) is 0 Å². The van der Waals surface area contributed by atoms with Crippen LogP contribution in [0.2, 0.25) is 0 Å². The summed E-state index contributed by atoms with van der Waals surface area (Å²) in [6, 6.07) is 17.4. The Morgan fingerprint density at radius 2 is 1.42 bits per heavy atom. The molecule has 0 aromatic heterocycles. The van der Waals surface area contributed by atoms with Crippen molar-refractivity contribution in [2.24, 2.45) is 0 Å². The van der Waals surface area contributed by atoms with Crippen molar-refractivity contribution in [1.82, 2.24) is 4.90 Å². The fourth-order valence-electron chi connectivity index (χ4n) is 3.84. The van der Waals surface area contributed by atoms with Gasteiger partial charge in [0.05, 0.1) is 5.57 Å². The molecule has 4 nitrogen and oxygen atoms in total. The van der Waals surface area contributed by atoms with Crippen molar-refractivity contribution in [1.29, 1.82) is 0 Å². The zero-order chi connectivity index (χ0) is 17.9. The second kappa shape index (κ2) is 7.36. The molecule has 1 aliphatic carbocycles. The van der Waals surface area contributed by atoms with Gasteiger partial charge < -0.3 is 0 Å². The molecular formula is C22H23N2O2+. The Labute approximate surface area is 153 Å². The molecule has 0 atom stereocenters. The Bertz CT molecular complexity index is 865. The normalized spacial score (nSPS) is 18.2. The lowest BCUT2D eigenvalue weighted by Crippen LogP contribution is -2.76. The van der Waals surface area contributed by atoms with Gasteiger partial charge in [-0.2, -0.15) is 0 Å². The quantitative estimate of drug-likeness (QED) is 0.683. The van der Waals surface area contributed by atoms with Gasteiger partial charge in [-0.05, 0) is 44.1 Å². The van der Waals surface area contributed by atoms with Gasteiger partial charge in [0.1, 0.15) is 5.69 Å². The Morgan fingerprint density at radius 3 is 2.15 bits per heavy atom. The first-order valence-electron chi connectivity index (χ1n) is 9.28. The molecule has 0 amide bonds. The highest BCUT2D eigenvalue weighted by Crippen LogP contribution is 2.27. The van der Waals surface area contributed by atoms with Crippen LogP contribution in [-0.4, -0.2) is 36.1 Å². The molecule has 1 fully saturated rings. The smallest absolute Gasteiger partial charge is 0.236 e. The van der Waals surface area contributed by atoms with E-state index in [1.165, 1.54) is 6.42 Å². The average Bonchev–Trinajstić information content (AvgIpc) is 2.70. The topological polar surface area (TPSA) is 54.0 Å². The highest BCUT2D eigenvalue weighted by molar-refractivity contribution is 6.52. The van der Waals surface area contributed by atoms with Crippen LogP contribution < -0.4 is 5.32 Å². The van der Waals surface area contributed by atoms with Crippen LogP contribution in [0.15, 0.2) is 60.2 Å². The maximum Gasteiger partial charge on any atom is 0.236 e. The molecule has 26 heavy (non-hydrogen) atoms. The van der Waals surface area contributed by atoms with Gasteiger partial charge in [0.2, 0.25) is 11.6 Å². The highest BCUT2D eigenvalue weighted by Gasteiger charge is 2.36. The van der Waals surface area contributed by atoms with E-state index in [1.807, 2.05) is 53.8 Å². The maximum atomic E-state index is 12.9. The van der Waals surface area contributed by atoms with Gasteiger partial charge >= 0.3 is 0 Å². The Balaban J connectivity index is 1.78. The van der Waals surface area contributed by atoms with E-state index in [4.69, 9.17) is 0 Å². The summed E-state index contributed by atoms with van der Waals surface area (Å²) in [7, 11) is 0. The summed E-state index contributed by atoms with van der Waals surface area (Å²) in [6.45, 7) is 2.54. The molecule has 2 aromatic rings. The van der Waals surface area contributed by atoms with Gasteiger partial charge in [-0.1, -0.05) is 42.8 Å².